The molecule has 0 aliphatic heterocycles. The first-order chi connectivity index (χ1) is 8.78. The van der Waals surface area contributed by atoms with Gasteiger partial charge in [-0.05, 0) is 32.4 Å². The van der Waals surface area contributed by atoms with Crippen molar-refractivity contribution in [2.45, 2.75) is 38.8 Å². The van der Waals surface area contributed by atoms with E-state index in [1.54, 1.807) is 39.1 Å². The Morgan fingerprint density at radius 1 is 1.47 bits per heavy atom. The Hall–Kier alpha value is -2.11. The Morgan fingerprint density at radius 3 is 2.63 bits per heavy atom. The second-order valence-corrected chi connectivity index (χ2v) is 5.06. The predicted octanol–water partition coefficient (Wildman–Crippen LogP) is 0.787. The molecule has 0 spiro atoms. The van der Waals surface area contributed by atoms with Gasteiger partial charge >= 0.3 is 6.09 Å². The topological polar surface area (TPSA) is 91.3 Å². The van der Waals surface area contributed by atoms with Crippen LogP contribution < -0.4 is 10.4 Å². The monoisotopic (exact) mass is 265 g/mol. The van der Waals surface area contributed by atoms with Gasteiger partial charge in [-0.1, -0.05) is 6.07 Å². The summed E-state index contributed by atoms with van der Waals surface area (Å²) in [4.78, 5) is 26.3. The Kier molecular flexibility index (Phi) is 4.86. The molecular weight excluding hydrogens is 248 g/mol. The number of carbonyl (C=O) groups is 2. The Balaban J connectivity index is 2.76. The van der Waals surface area contributed by atoms with E-state index in [4.69, 9.17) is 4.74 Å². The Morgan fingerprint density at radius 2 is 2.16 bits per heavy atom. The number of pyridine rings is 1. The number of aliphatic carboxylic acids is 1. The van der Waals surface area contributed by atoms with Crippen molar-refractivity contribution in [3.63, 3.8) is 0 Å². The maximum atomic E-state index is 11.7. The summed E-state index contributed by atoms with van der Waals surface area (Å²) in [5.41, 5.74) is -0.0667. The van der Waals surface area contributed by atoms with Crippen LogP contribution in [-0.4, -0.2) is 22.6 Å². The summed E-state index contributed by atoms with van der Waals surface area (Å²) < 4.78 is 5.09. The van der Waals surface area contributed by atoms with Gasteiger partial charge < -0.3 is 20.0 Å². The van der Waals surface area contributed by atoms with Gasteiger partial charge in [-0.15, -0.1) is 0 Å². The fourth-order valence-corrected chi connectivity index (χ4v) is 1.45. The summed E-state index contributed by atoms with van der Waals surface area (Å²) in [5.74, 6) is -1.26. The molecule has 0 saturated carbocycles. The van der Waals surface area contributed by atoms with Crippen LogP contribution in [0.1, 0.15) is 38.8 Å². The predicted molar refractivity (Wildman–Crippen MR) is 66.0 cm³/mol. The van der Waals surface area contributed by atoms with Crippen molar-refractivity contribution in [2.24, 2.45) is 0 Å². The van der Waals surface area contributed by atoms with Crippen LogP contribution in [0.15, 0.2) is 24.5 Å². The number of aromatic nitrogens is 1. The molecule has 0 aliphatic rings. The van der Waals surface area contributed by atoms with Crippen molar-refractivity contribution in [3.05, 3.63) is 30.1 Å². The molecule has 104 valence electrons. The molecule has 1 aromatic heterocycles. The Labute approximate surface area is 111 Å². The maximum Gasteiger partial charge on any atom is 0.408 e. The smallest absolute Gasteiger partial charge is 0.408 e. The van der Waals surface area contributed by atoms with E-state index in [-0.39, 0.29) is 6.42 Å². The molecule has 0 aromatic carbocycles. The molecule has 1 atom stereocenters. The fourth-order valence-electron chi connectivity index (χ4n) is 1.45. The van der Waals surface area contributed by atoms with E-state index in [1.165, 1.54) is 6.20 Å². The average Bonchev–Trinajstić information content (AvgIpc) is 2.26. The number of carboxylic acids is 1. The zero-order chi connectivity index (χ0) is 14.5. The van der Waals surface area contributed by atoms with Gasteiger partial charge in [-0.25, -0.2) is 4.79 Å². The van der Waals surface area contributed by atoms with Crippen LogP contribution in [0.2, 0.25) is 0 Å². The first-order valence-electron chi connectivity index (χ1n) is 5.87. The first-order valence-corrected chi connectivity index (χ1v) is 5.87. The van der Waals surface area contributed by atoms with Gasteiger partial charge in [0.05, 0.1) is 6.04 Å². The molecule has 1 N–H and O–H groups in total. The van der Waals surface area contributed by atoms with Crippen LogP contribution >= 0.6 is 0 Å². The number of amides is 1. The van der Waals surface area contributed by atoms with Crippen molar-refractivity contribution in [3.8, 4) is 0 Å². The van der Waals surface area contributed by atoms with E-state index < -0.39 is 23.7 Å². The highest BCUT2D eigenvalue weighted by Gasteiger charge is 2.20. The molecule has 1 aromatic rings. The Bertz CT molecular complexity index is 440. The summed E-state index contributed by atoms with van der Waals surface area (Å²) >= 11 is 0. The molecule has 0 saturated heterocycles. The minimum absolute atomic E-state index is 0.342. The molecule has 0 aliphatic carbocycles. The van der Waals surface area contributed by atoms with Crippen LogP contribution in [0.4, 0.5) is 4.79 Å². The summed E-state index contributed by atoms with van der Waals surface area (Å²) in [6, 6.07) is 2.61. The molecule has 1 rings (SSSR count). The zero-order valence-electron chi connectivity index (χ0n) is 11.2. The van der Waals surface area contributed by atoms with Crippen LogP contribution in [0.5, 0.6) is 0 Å². The summed E-state index contributed by atoms with van der Waals surface area (Å²) in [6.07, 6.45) is 2.03. The number of nitrogens with one attached hydrogen (secondary N) is 1. The zero-order valence-corrected chi connectivity index (χ0v) is 11.2. The molecular formula is C13H17N2O4-. The van der Waals surface area contributed by atoms with E-state index in [0.717, 1.165) is 0 Å². The number of nitrogens with zero attached hydrogens (tertiary/aromatic N) is 1. The van der Waals surface area contributed by atoms with Crippen molar-refractivity contribution in [1.29, 1.82) is 0 Å². The lowest BCUT2D eigenvalue weighted by Crippen LogP contribution is -2.37. The van der Waals surface area contributed by atoms with Crippen molar-refractivity contribution in [1.82, 2.24) is 10.3 Å². The van der Waals surface area contributed by atoms with Crippen LogP contribution in [-0.2, 0) is 9.53 Å². The summed E-state index contributed by atoms with van der Waals surface area (Å²) in [6.45, 7) is 5.18. The van der Waals surface area contributed by atoms with Gasteiger partial charge in [0.1, 0.15) is 5.60 Å². The third-order valence-corrected chi connectivity index (χ3v) is 2.15. The normalized spacial score (nSPS) is 12.6. The third-order valence-electron chi connectivity index (χ3n) is 2.15. The van der Waals surface area contributed by atoms with Crippen molar-refractivity contribution >= 4 is 12.1 Å². The minimum Gasteiger partial charge on any atom is -0.550 e. The third kappa shape index (κ3) is 5.85. The molecule has 0 fully saturated rings. The number of carboxylic acid groups (broad SMARTS) is 1. The SMILES string of the molecule is CC(C)(C)OC(=O)N[C@@H](CC(=O)[O-])c1cccnc1. The fraction of sp³-hybridized carbons (Fsp3) is 0.462. The highest BCUT2D eigenvalue weighted by Crippen LogP contribution is 2.16. The van der Waals surface area contributed by atoms with E-state index in [0.29, 0.717) is 5.56 Å². The highest BCUT2D eigenvalue weighted by molar-refractivity contribution is 5.71. The number of alkyl carbamates (subject to hydrolysis) is 1. The van der Waals surface area contributed by atoms with Crippen LogP contribution in [0, 0.1) is 0 Å². The van der Waals surface area contributed by atoms with E-state index in [2.05, 4.69) is 10.3 Å². The molecule has 0 radical (unpaired) electrons. The van der Waals surface area contributed by atoms with Crippen molar-refractivity contribution in [2.75, 3.05) is 0 Å². The quantitative estimate of drug-likeness (QED) is 0.868. The number of hydrogen-bond acceptors (Lipinski definition) is 5. The van der Waals surface area contributed by atoms with Crippen molar-refractivity contribution < 1.29 is 19.4 Å². The van der Waals surface area contributed by atoms with Gasteiger partial charge in [-0.3, -0.25) is 4.98 Å². The maximum absolute atomic E-state index is 11.7. The molecule has 0 bridgehead atoms. The first kappa shape index (κ1) is 14.9. The van der Waals surface area contributed by atoms with Gasteiger partial charge in [0.2, 0.25) is 0 Å². The summed E-state index contributed by atoms with van der Waals surface area (Å²) in [7, 11) is 0. The number of rotatable bonds is 4. The number of carbonyl (C=O) groups excluding carboxylic acids is 2. The lowest BCUT2D eigenvalue weighted by Gasteiger charge is -2.24. The highest BCUT2D eigenvalue weighted by atomic mass is 16.6. The second-order valence-electron chi connectivity index (χ2n) is 5.06. The molecule has 1 heterocycles. The van der Waals surface area contributed by atoms with E-state index in [9.17, 15) is 14.7 Å². The van der Waals surface area contributed by atoms with Gasteiger partial charge in [0.15, 0.2) is 0 Å². The minimum atomic E-state index is -1.26. The standard InChI is InChI=1S/C13H18N2O4/c1-13(2,3)19-12(18)15-10(7-11(16)17)9-5-4-6-14-8-9/h4-6,8,10H,7H2,1-3H3,(H,15,18)(H,16,17)/p-1/t10-/m0/s1. The average molecular weight is 265 g/mol. The van der Waals surface area contributed by atoms with Crippen LogP contribution in [0.25, 0.3) is 0 Å². The molecule has 19 heavy (non-hydrogen) atoms. The number of ether oxygens (including phenoxy) is 1. The molecule has 6 heteroatoms. The van der Waals surface area contributed by atoms with E-state index in [1.807, 2.05) is 0 Å². The van der Waals surface area contributed by atoms with Gasteiger partial charge in [-0.2, -0.15) is 0 Å². The molecule has 6 nitrogen and oxygen atoms in total. The number of hydrogen-bond donors (Lipinski definition) is 1. The van der Waals surface area contributed by atoms with Crippen LogP contribution in [0.3, 0.4) is 0 Å². The van der Waals surface area contributed by atoms with Gasteiger partial charge in [0.25, 0.3) is 0 Å². The lowest BCUT2D eigenvalue weighted by atomic mass is 10.1. The molecule has 0 unspecified atom stereocenters. The molecule has 1 amide bonds. The lowest BCUT2D eigenvalue weighted by molar-refractivity contribution is -0.306. The largest absolute Gasteiger partial charge is 0.550 e. The van der Waals surface area contributed by atoms with Gasteiger partial charge in [0, 0.05) is 24.8 Å². The second kappa shape index (κ2) is 6.17. The summed E-state index contributed by atoms with van der Waals surface area (Å²) in [5, 5.41) is 13.2. The van der Waals surface area contributed by atoms with E-state index >= 15 is 0 Å².